The Morgan fingerprint density at radius 1 is 1.62 bits per heavy atom. The molecule has 84 valence electrons. The number of aromatic nitrogens is 3. The summed E-state index contributed by atoms with van der Waals surface area (Å²) < 4.78 is 8.89. The van der Waals surface area contributed by atoms with Gasteiger partial charge in [-0.1, -0.05) is 0 Å². The molecule has 0 spiro atoms. The molecule has 0 bridgehead atoms. The van der Waals surface area contributed by atoms with Crippen LogP contribution in [0.2, 0.25) is 0 Å². The molecular weight excluding hydrogens is 248 g/mol. The minimum Gasteiger partial charge on any atom is -0.377 e. The molecule has 0 atom stereocenters. The molecule has 2 heterocycles. The van der Waals surface area contributed by atoms with Gasteiger partial charge >= 0.3 is 0 Å². The lowest BCUT2D eigenvalue weighted by atomic mass is 10.5. The van der Waals surface area contributed by atoms with Gasteiger partial charge in [0, 0.05) is 24.0 Å². The fourth-order valence-electron chi connectivity index (χ4n) is 0.978. The highest BCUT2D eigenvalue weighted by Gasteiger charge is 2.11. The van der Waals surface area contributed by atoms with Crippen LogP contribution in [-0.4, -0.2) is 27.4 Å². The van der Waals surface area contributed by atoms with Gasteiger partial charge in [-0.3, -0.25) is 10.1 Å². The molecule has 0 aliphatic carbocycles. The normalized spacial score (nSPS) is 10.3. The first kappa shape index (κ1) is 11.1. The van der Waals surface area contributed by atoms with Crippen molar-refractivity contribution in [2.45, 2.75) is 6.61 Å². The lowest BCUT2D eigenvalue weighted by Crippen LogP contribution is -2.11. The average Bonchev–Trinajstić information content (AvgIpc) is 2.89. The fourth-order valence-corrected chi connectivity index (χ4v) is 2.08. The van der Waals surface area contributed by atoms with Gasteiger partial charge in [-0.2, -0.15) is 4.37 Å². The van der Waals surface area contributed by atoms with Gasteiger partial charge in [0.25, 0.3) is 5.91 Å². The van der Waals surface area contributed by atoms with Crippen molar-refractivity contribution < 1.29 is 9.53 Å². The lowest BCUT2D eigenvalue weighted by molar-refractivity contribution is 0.102. The number of hydrogen-bond donors (Lipinski definition) is 1. The number of hydrogen-bond acceptors (Lipinski definition) is 7. The summed E-state index contributed by atoms with van der Waals surface area (Å²) in [5, 5.41) is 4.74. The number of anilines is 1. The number of carbonyl (C=O) groups excluding carboxylic acids is 1. The van der Waals surface area contributed by atoms with E-state index < -0.39 is 0 Å². The zero-order valence-corrected chi connectivity index (χ0v) is 9.97. The summed E-state index contributed by atoms with van der Waals surface area (Å²) in [6.07, 6.45) is 0. The largest absolute Gasteiger partial charge is 0.377 e. The van der Waals surface area contributed by atoms with Crippen LogP contribution in [0.5, 0.6) is 0 Å². The Bertz CT molecular complexity index is 468. The van der Waals surface area contributed by atoms with E-state index in [9.17, 15) is 4.79 Å². The van der Waals surface area contributed by atoms with Crippen LogP contribution < -0.4 is 5.32 Å². The first-order chi connectivity index (χ1) is 7.79. The Hall–Kier alpha value is -1.38. The smallest absolute Gasteiger partial charge is 0.276 e. The Kier molecular flexibility index (Phi) is 3.54. The molecule has 0 saturated heterocycles. The van der Waals surface area contributed by atoms with Crippen LogP contribution in [0, 0.1) is 0 Å². The zero-order chi connectivity index (χ0) is 11.4. The minimum atomic E-state index is -0.277. The van der Waals surface area contributed by atoms with E-state index in [2.05, 4.69) is 19.7 Å². The highest BCUT2D eigenvalue weighted by Crippen LogP contribution is 2.13. The molecule has 2 rings (SSSR count). The summed E-state index contributed by atoms with van der Waals surface area (Å²) in [7, 11) is 1.56. The Balaban J connectivity index is 2.01. The fraction of sp³-hybridized carbons (Fsp3) is 0.250. The Morgan fingerprint density at radius 2 is 2.50 bits per heavy atom. The third kappa shape index (κ3) is 2.60. The third-order valence-corrected chi connectivity index (χ3v) is 2.88. The van der Waals surface area contributed by atoms with Gasteiger partial charge in [0.2, 0.25) is 5.13 Å². The molecule has 0 unspecified atom stereocenters. The summed E-state index contributed by atoms with van der Waals surface area (Å²) in [5.74, 6) is 0.280. The summed E-state index contributed by atoms with van der Waals surface area (Å²) >= 11 is 2.48. The number of nitrogens with zero attached hydrogens (tertiary/aromatic N) is 3. The molecule has 2 aromatic heterocycles. The number of carbonyl (C=O) groups is 1. The van der Waals surface area contributed by atoms with Crippen LogP contribution >= 0.6 is 22.9 Å². The van der Waals surface area contributed by atoms with Gasteiger partial charge in [0.1, 0.15) is 12.3 Å². The van der Waals surface area contributed by atoms with Gasteiger partial charge in [0.05, 0.1) is 5.51 Å². The van der Waals surface area contributed by atoms with E-state index >= 15 is 0 Å². The van der Waals surface area contributed by atoms with Crippen LogP contribution in [0.25, 0.3) is 0 Å². The third-order valence-electron chi connectivity index (χ3n) is 1.63. The molecule has 16 heavy (non-hydrogen) atoms. The van der Waals surface area contributed by atoms with Gasteiger partial charge in [-0.15, -0.1) is 11.3 Å². The molecule has 1 amide bonds. The van der Waals surface area contributed by atoms with Crippen molar-refractivity contribution >= 4 is 33.9 Å². The quantitative estimate of drug-likeness (QED) is 0.894. The molecule has 1 N–H and O–H groups in total. The van der Waals surface area contributed by atoms with Crippen molar-refractivity contribution in [2.24, 2.45) is 0 Å². The summed E-state index contributed by atoms with van der Waals surface area (Å²) in [6, 6.07) is 0. The predicted molar refractivity (Wildman–Crippen MR) is 60.7 cm³/mol. The second-order valence-electron chi connectivity index (χ2n) is 2.78. The van der Waals surface area contributed by atoms with E-state index in [-0.39, 0.29) is 5.91 Å². The maximum absolute atomic E-state index is 11.6. The predicted octanol–water partition coefficient (Wildman–Crippen LogP) is 1.39. The van der Waals surface area contributed by atoms with Crippen molar-refractivity contribution in [3.8, 4) is 0 Å². The van der Waals surface area contributed by atoms with Crippen LogP contribution in [0.1, 0.15) is 16.3 Å². The van der Waals surface area contributed by atoms with Crippen molar-refractivity contribution in [1.29, 1.82) is 0 Å². The van der Waals surface area contributed by atoms with Gasteiger partial charge in [-0.25, -0.2) is 9.97 Å². The first-order valence-corrected chi connectivity index (χ1v) is 6.02. The standard InChI is InChI=1S/C8H8N4O2S2/c1-14-2-6-10-8(16-12-6)11-7(13)5-3-15-4-9-5/h3-4H,2H2,1H3,(H,10,11,12,13). The van der Waals surface area contributed by atoms with E-state index in [1.807, 2.05) is 0 Å². The van der Waals surface area contributed by atoms with E-state index in [0.717, 1.165) is 11.5 Å². The van der Waals surface area contributed by atoms with Crippen LogP contribution in [-0.2, 0) is 11.3 Å². The number of ether oxygens (including phenoxy) is 1. The van der Waals surface area contributed by atoms with Gasteiger partial charge < -0.3 is 4.74 Å². The van der Waals surface area contributed by atoms with Crippen molar-refractivity contribution in [2.75, 3.05) is 12.4 Å². The minimum absolute atomic E-state index is 0.277. The average molecular weight is 256 g/mol. The molecule has 0 saturated carbocycles. The summed E-state index contributed by atoms with van der Waals surface area (Å²) in [4.78, 5) is 19.6. The SMILES string of the molecule is COCc1nsc(NC(=O)c2cscn2)n1. The molecule has 0 aliphatic heterocycles. The second-order valence-corrected chi connectivity index (χ2v) is 4.25. The molecular formula is C8H8N4O2S2. The van der Waals surface area contributed by atoms with Crippen molar-refractivity contribution in [3.63, 3.8) is 0 Å². The maximum Gasteiger partial charge on any atom is 0.276 e. The van der Waals surface area contributed by atoms with E-state index in [1.54, 1.807) is 18.0 Å². The van der Waals surface area contributed by atoms with Crippen molar-refractivity contribution in [1.82, 2.24) is 14.3 Å². The Labute approximate surface area is 99.5 Å². The Morgan fingerprint density at radius 3 is 3.19 bits per heavy atom. The molecule has 0 fully saturated rings. The monoisotopic (exact) mass is 256 g/mol. The second kappa shape index (κ2) is 5.10. The zero-order valence-electron chi connectivity index (χ0n) is 8.34. The van der Waals surface area contributed by atoms with Gasteiger partial charge in [-0.05, 0) is 0 Å². The summed E-state index contributed by atoms with van der Waals surface area (Å²) in [6.45, 7) is 0.336. The molecule has 8 heteroatoms. The van der Waals surface area contributed by atoms with E-state index in [4.69, 9.17) is 4.74 Å². The van der Waals surface area contributed by atoms with Gasteiger partial charge in [0.15, 0.2) is 5.82 Å². The number of methoxy groups -OCH3 is 1. The number of rotatable bonds is 4. The molecule has 0 radical (unpaired) electrons. The van der Waals surface area contributed by atoms with E-state index in [0.29, 0.717) is 23.3 Å². The first-order valence-electron chi connectivity index (χ1n) is 4.30. The molecule has 6 nitrogen and oxygen atoms in total. The molecule has 0 aromatic carbocycles. The highest BCUT2D eigenvalue weighted by atomic mass is 32.1. The van der Waals surface area contributed by atoms with Crippen LogP contribution in [0.15, 0.2) is 10.9 Å². The van der Waals surface area contributed by atoms with Crippen molar-refractivity contribution in [3.05, 3.63) is 22.4 Å². The number of amides is 1. The number of nitrogens with one attached hydrogen (secondary N) is 1. The van der Waals surface area contributed by atoms with E-state index in [1.165, 1.54) is 11.3 Å². The topological polar surface area (TPSA) is 77.0 Å². The molecule has 2 aromatic rings. The lowest BCUT2D eigenvalue weighted by Gasteiger charge is -1.95. The van der Waals surface area contributed by atoms with Crippen LogP contribution in [0.3, 0.4) is 0 Å². The van der Waals surface area contributed by atoms with Crippen LogP contribution in [0.4, 0.5) is 5.13 Å². The number of thiazole rings is 1. The maximum atomic E-state index is 11.6. The molecule has 0 aliphatic rings. The highest BCUT2D eigenvalue weighted by molar-refractivity contribution is 7.10. The summed E-state index contributed by atoms with van der Waals surface area (Å²) in [5.41, 5.74) is 1.99.